The predicted octanol–water partition coefficient (Wildman–Crippen LogP) is 2.69. The van der Waals surface area contributed by atoms with Crippen LogP contribution in [-0.4, -0.2) is 28.0 Å². The van der Waals surface area contributed by atoms with Crippen LogP contribution in [0.1, 0.15) is 20.3 Å². The van der Waals surface area contributed by atoms with Gasteiger partial charge in [-0.25, -0.2) is 4.98 Å². The molecule has 1 aliphatic heterocycles. The van der Waals surface area contributed by atoms with Crippen LogP contribution < -0.4 is 9.47 Å². The fraction of sp³-hybridized carbons (Fsp3) is 0.375. The molecule has 1 aliphatic rings. The van der Waals surface area contributed by atoms with Crippen molar-refractivity contribution in [2.24, 2.45) is 0 Å². The molecule has 0 N–H and O–H groups in total. The second kappa shape index (κ2) is 5.60. The smallest absolute Gasteiger partial charge is 0.170 e. The molecule has 0 spiro atoms. The lowest BCUT2D eigenvalue weighted by Gasteiger charge is -2.16. The highest BCUT2D eigenvalue weighted by molar-refractivity contribution is 5.80. The molecule has 1 aromatic carbocycles. The number of Topliss-reactive ketones (excluding diaryl/α,β-unsaturated/α-hetero) is 1. The number of nitrogens with zero attached hydrogens (tertiary/aromatic N) is 2. The van der Waals surface area contributed by atoms with Crippen molar-refractivity contribution >= 4 is 5.78 Å². The van der Waals surface area contributed by atoms with Crippen molar-refractivity contribution in [3.63, 3.8) is 0 Å². The number of ether oxygens (including phenoxy) is 2. The zero-order valence-electron chi connectivity index (χ0n) is 12.2. The maximum atomic E-state index is 11.5. The number of fused-ring (bicyclic) bond motifs is 3. The molecule has 110 valence electrons. The van der Waals surface area contributed by atoms with Crippen LogP contribution in [0, 0.1) is 0 Å². The Morgan fingerprint density at radius 3 is 3.14 bits per heavy atom. The first kappa shape index (κ1) is 13.7. The minimum atomic E-state index is -0.407. The minimum Gasteiger partial charge on any atom is -0.491 e. The average Bonchev–Trinajstić information content (AvgIpc) is 2.86. The van der Waals surface area contributed by atoms with Gasteiger partial charge in [0.05, 0.1) is 12.1 Å². The first-order valence-electron chi connectivity index (χ1n) is 7.14. The Balaban J connectivity index is 1.92. The van der Waals surface area contributed by atoms with E-state index in [1.54, 1.807) is 13.1 Å². The molecule has 0 unspecified atom stereocenters. The summed E-state index contributed by atoms with van der Waals surface area (Å²) in [5.74, 6) is 2.32. The van der Waals surface area contributed by atoms with Gasteiger partial charge in [0.1, 0.15) is 23.9 Å². The highest BCUT2D eigenvalue weighted by Crippen LogP contribution is 2.34. The quantitative estimate of drug-likeness (QED) is 0.867. The summed E-state index contributed by atoms with van der Waals surface area (Å²) < 4.78 is 13.6. The Labute approximate surface area is 123 Å². The summed E-state index contributed by atoms with van der Waals surface area (Å²) >= 11 is 0. The Morgan fingerprint density at radius 2 is 2.38 bits per heavy atom. The first-order valence-corrected chi connectivity index (χ1v) is 7.14. The fourth-order valence-corrected chi connectivity index (χ4v) is 2.49. The van der Waals surface area contributed by atoms with Crippen molar-refractivity contribution < 1.29 is 14.3 Å². The lowest BCUT2D eigenvalue weighted by atomic mass is 10.1. The van der Waals surface area contributed by atoms with Gasteiger partial charge in [-0.1, -0.05) is 6.92 Å². The average molecular weight is 286 g/mol. The number of imidazole rings is 1. The van der Waals surface area contributed by atoms with Crippen molar-refractivity contribution in [3.05, 3.63) is 30.6 Å². The molecule has 0 fully saturated rings. The molecule has 0 aliphatic carbocycles. The summed E-state index contributed by atoms with van der Waals surface area (Å²) in [4.78, 5) is 15.9. The molecule has 21 heavy (non-hydrogen) atoms. The third-order valence-corrected chi connectivity index (χ3v) is 3.60. The molecule has 1 aromatic heterocycles. The van der Waals surface area contributed by atoms with Gasteiger partial charge in [-0.3, -0.25) is 4.79 Å². The van der Waals surface area contributed by atoms with Gasteiger partial charge in [-0.2, -0.15) is 0 Å². The number of hydrogen-bond acceptors (Lipinski definition) is 4. The Morgan fingerprint density at radius 1 is 1.52 bits per heavy atom. The second-order valence-corrected chi connectivity index (χ2v) is 5.08. The molecule has 3 rings (SSSR count). The van der Waals surface area contributed by atoms with E-state index in [2.05, 4.69) is 9.55 Å². The highest BCUT2D eigenvalue weighted by atomic mass is 16.5. The summed E-state index contributed by atoms with van der Waals surface area (Å²) in [5, 5.41) is 0. The van der Waals surface area contributed by atoms with E-state index in [1.165, 1.54) is 0 Å². The lowest BCUT2D eigenvalue weighted by Crippen LogP contribution is -2.23. The fourth-order valence-electron chi connectivity index (χ4n) is 2.49. The highest BCUT2D eigenvalue weighted by Gasteiger charge is 2.19. The van der Waals surface area contributed by atoms with Gasteiger partial charge in [-0.15, -0.1) is 0 Å². The van der Waals surface area contributed by atoms with Gasteiger partial charge in [0, 0.05) is 18.5 Å². The van der Waals surface area contributed by atoms with E-state index >= 15 is 0 Å². The van der Waals surface area contributed by atoms with Crippen LogP contribution in [0.15, 0.2) is 30.6 Å². The van der Waals surface area contributed by atoms with Crippen LogP contribution >= 0.6 is 0 Å². The van der Waals surface area contributed by atoms with E-state index in [0.717, 1.165) is 23.7 Å². The second-order valence-electron chi connectivity index (χ2n) is 5.08. The number of rotatable bonds is 4. The van der Waals surface area contributed by atoms with Gasteiger partial charge in [0.15, 0.2) is 11.9 Å². The van der Waals surface area contributed by atoms with Crippen LogP contribution in [0.25, 0.3) is 11.4 Å². The number of hydrogen-bond donors (Lipinski definition) is 0. The SMILES string of the molecule is CC[C@H](Oc1ccc2c(c1)OCCn1ccnc1-2)C(C)=O. The first-order chi connectivity index (χ1) is 10.2. The molecule has 5 nitrogen and oxygen atoms in total. The monoisotopic (exact) mass is 286 g/mol. The van der Waals surface area contributed by atoms with Gasteiger partial charge < -0.3 is 14.0 Å². The largest absolute Gasteiger partial charge is 0.491 e. The van der Waals surface area contributed by atoms with Crippen LogP contribution in [0.3, 0.4) is 0 Å². The molecule has 0 saturated heterocycles. The lowest BCUT2D eigenvalue weighted by molar-refractivity contribution is -0.123. The molecule has 0 saturated carbocycles. The van der Waals surface area contributed by atoms with E-state index in [9.17, 15) is 4.79 Å². The van der Waals surface area contributed by atoms with E-state index < -0.39 is 6.10 Å². The number of aromatic nitrogens is 2. The number of carbonyl (C=O) groups excluding carboxylic acids is 1. The molecule has 2 heterocycles. The van der Waals surface area contributed by atoms with Crippen LogP contribution in [0.2, 0.25) is 0 Å². The Bertz CT molecular complexity index is 663. The summed E-state index contributed by atoms with van der Waals surface area (Å²) in [6.07, 6.45) is 3.98. The third kappa shape index (κ3) is 2.63. The maximum absolute atomic E-state index is 11.5. The van der Waals surface area contributed by atoms with Gasteiger partial charge in [0.2, 0.25) is 0 Å². The van der Waals surface area contributed by atoms with Crippen molar-refractivity contribution in [2.45, 2.75) is 32.9 Å². The van der Waals surface area contributed by atoms with E-state index in [0.29, 0.717) is 18.8 Å². The normalized spacial score (nSPS) is 14.4. The van der Waals surface area contributed by atoms with Gasteiger partial charge in [0.25, 0.3) is 0 Å². The maximum Gasteiger partial charge on any atom is 0.170 e. The molecular weight excluding hydrogens is 268 g/mol. The molecular formula is C16H18N2O3. The molecule has 5 heteroatoms. The zero-order chi connectivity index (χ0) is 14.8. The van der Waals surface area contributed by atoms with Gasteiger partial charge in [-0.05, 0) is 25.5 Å². The standard InChI is InChI=1S/C16H18N2O3/c1-3-14(11(2)19)21-12-4-5-13-15(10-12)20-9-8-18-7-6-17-16(13)18/h4-7,10,14H,3,8-9H2,1-2H3/t14-/m0/s1. The van der Waals surface area contributed by atoms with Crippen molar-refractivity contribution in [2.75, 3.05) is 6.61 Å². The van der Waals surface area contributed by atoms with Crippen molar-refractivity contribution in [3.8, 4) is 22.9 Å². The summed E-state index contributed by atoms with van der Waals surface area (Å²) in [7, 11) is 0. The molecule has 0 radical (unpaired) electrons. The topological polar surface area (TPSA) is 53.4 Å². The Kier molecular flexibility index (Phi) is 3.64. The summed E-state index contributed by atoms with van der Waals surface area (Å²) in [5.41, 5.74) is 0.945. The number of benzene rings is 1. The van der Waals surface area contributed by atoms with E-state index in [1.807, 2.05) is 31.3 Å². The van der Waals surface area contributed by atoms with Crippen LogP contribution in [-0.2, 0) is 11.3 Å². The van der Waals surface area contributed by atoms with Gasteiger partial charge >= 0.3 is 0 Å². The predicted molar refractivity (Wildman–Crippen MR) is 78.5 cm³/mol. The molecule has 1 atom stereocenters. The van der Waals surface area contributed by atoms with E-state index in [4.69, 9.17) is 9.47 Å². The summed E-state index contributed by atoms with van der Waals surface area (Å²) in [6, 6.07) is 5.63. The van der Waals surface area contributed by atoms with Crippen molar-refractivity contribution in [1.29, 1.82) is 0 Å². The summed E-state index contributed by atoms with van der Waals surface area (Å²) in [6.45, 7) is 4.84. The Hall–Kier alpha value is -2.30. The van der Waals surface area contributed by atoms with E-state index in [-0.39, 0.29) is 5.78 Å². The van der Waals surface area contributed by atoms with Crippen molar-refractivity contribution in [1.82, 2.24) is 9.55 Å². The van der Waals surface area contributed by atoms with Crippen LogP contribution in [0.4, 0.5) is 0 Å². The minimum absolute atomic E-state index is 0.0314. The molecule has 0 bridgehead atoms. The molecule has 2 aromatic rings. The third-order valence-electron chi connectivity index (χ3n) is 3.60. The zero-order valence-corrected chi connectivity index (χ0v) is 12.2. The van der Waals surface area contributed by atoms with Crippen LogP contribution in [0.5, 0.6) is 11.5 Å². The number of carbonyl (C=O) groups is 1. The number of ketones is 1. The molecule has 0 amide bonds.